The third kappa shape index (κ3) is 3.16. The molecule has 3 rings (SSSR count). The summed E-state index contributed by atoms with van der Waals surface area (Å²) in [5.74, 6) is -4.40. The van der Waals surface area contributed by atoms with Crippen molar-refractivity contribution in [3.63, 3.8) is 0 Å². The number of amides is 1. The highest BCUT2D eigenvalue weighted by Crippen LogP contribution is 2.32. The van der Waals surface area contributed by atoms with E-state index in [0.29, 0.717) is 22.4 Å². The Morgan fingerprint density at radius 3 is 2.28 bits per heavy atom. The third-order valence-corrected chi connectivity index (χ3v) is 3.66. The second kappa shape index (κ2) is 6.27. The Morgan fingerprint density at radius 2 is 1.56 bits per heavy atom. The maximum Gasteiger partial charge on any atom is 0.280 e. The number of hydrogen-bond acceptors (Lipinski definition) is 1. The lowest BCUT2D eigenvalue weighted by Crippen LogP contribution is -2.24. The molecule has 0 spiro atoms. The van der Waals surface area contributed by atoms with Gasteiger partial charge in [0.25, 0.3) is 5.91 Å². The first-order valence-electron chi connectivity index (χ1n) is 7.18. The molecule has 0 saturated carbocycles. The first kappa shape index (κ1) is 16.5. The van der Waals surface area contributed by atoms with Crippen LogP contribution in [0.4, 0.5) is 13.2 Å². The molecule has 3 aromatic rings. The number of carbonyl (C=O) groups is 1. The summed E-state index contributed by atoms with van der Waals surface area (Å²) in [7, 11) is 0. The van der Waals surface area contributed by atoms with E-state index in [1.54, 1.807) is 24.3 Å². The first-order valence-corrected chi connectivity index (χ1v) is 7.18. The van der Waals surface area contributed by atoms with Crippen LogP contribution in [0.25, 0.3) is 21.9 Å². The Bertz CT molecular complexity index is 1030. The summed E-state index contributed by atoms with van der Waals surface area (Å²) in [6.07, 6.45) is 0. The summed E-state index contributed by atoms with van der Waals surface area (Å²) in [5, 5.41) is 1.16. The Labute approximate surface area is 140 Å². The molecule has 0 bridgehead atoms. The van der Waals surface area contributed by atoms with Gasteiger partial charge in [-0.1, -0.05) is 24.3 Å². The van der Waals surface area contributed by atoms with Gasteiger partial charge in [-0.15, -0.1) is 0 Å². The lowest BCUT2D eigenvalue weighted by Gasteiger charge is -2.10. The zero-order valence-corrected chi connectivity index (χ0v) is 12.8. The molecule has 0 aromatic heterocycles. The minimum absolute atomic E-state index is 0.115. The first-order chi connectivity index (χ1) is 11.9. The number of hydrogen-bond donors (Lipinski definition) is 2. The predicted molar refractivity (Wildman–Crippen MR) is 89.4 cm³/mol. The van der Waals surface area contributed by atoms with Crippen molar-refractivity contribution in [2.75, 3.05) is 0 Å². The molecule has 0 saturated heterocycles. The van der Waals surface area contributed by atoms with Crippen LogP contribution in [-0.4, -0.2) is 11.9 Å². The molecule has 4 N–H and O–H groups in total. The quantitative estimate of drug-likeness (QED) is 0.425. The van der Waals surface area contributed by atoms with Crippen molar-refractivity contribution >= 4 is 22.6 Å². The molecule has 126 valence electrons. The highest BCUT2D eigenvalue weighted by molar-refractivity contribution is 6.06. The number of carbonyl (C=O) groups excluding carboxylic acids is 1. The van der Waals surface area contributed by atoms with E-state index in [4.69, 9.17) is 11.5 Å². The van der Waals surface area contributed by atoms with E-state index < -0.39 is 23.4 Å². The van der Waals surface area contributed by atoms with Gasteiger partial charge < -0.3 is 11.5 Å². The number of nitrogens with zero attached hydrogens (tertiary/aromatic N) is 1. The minimum Gasteiger partial charge on any atom is -0.370 e. The molecule has 25 heavy (non-hydrogen) atoms. The number of benzene rings is 3. The van der Waals surface area contributed by atoms with Gasteiger partial charge in [0.05, 0.1) is 0 Å². The zero-order chi connectivity index (χ0) is 18.1. The molecule has 3 aromatic carbocycles. The zero-order valence-electron chi connectivity index (χ0n) is 12.8. The van der Waals surface area contributed by atoms with Crippen LogP contribution in [0.5, 0.6) is 0 Å². The number of rotatable bonds is 2. The van der Waals surface area contributed by atoms with Gasteiger partial charge in [0.2, 0.25) is 0 Å². The van der Waals surface area contributed by atoms with Gasteiger partial charge in [0.1, 0.15) is 5.82 Å². The monoisotopic (exact) mass is 343 g/mol. The van der Waals surface area contributed by atoms with Crippen LogP contribution in [0.1, 0.15) is 10.4 Å². The third-order valence-electron chi connectivity index (χ3n) is 3.66. The fourth-order valence-electron chi connectivity index (χ4n) is 2.55. The second-order valence-corrected chi connectivity index (χ2v) is 5.33. The molecule has 7 heteroatoms. The largest absolute Gasteiger partial charge is 0.370 e. The van der Waals surface area contributed by atoms with E-state index in [-0.39, 0.29) is 17.1 Å². The standard InChI is InChI=1S/C18H12F3N3O/c19-14-8-16(21)15(20)7-13(14)11-3-1-2-9-4-5-10(6-12(9)11)17(25)24-18(22)23/h1-8H,(H4,22,23,24,25). The van der Waals surface area contributed by atoms with Crippen LogP contribution in [0, 0.1) is 17.5 Å². The molecule has 0 unspecified atom stereocenters. The van der Waals surface area contributed by atoms with Gasteiger partial charge in [-0.3, -0.25) is 4.79 Å². The van der Waals surface area contributed by atoms with Crippen molar-refractivity contribution in [1.29, 1.82) is 0 Å². The van der Waals surface area contributed by atoms with Gasteiger partial charge in [0, 0.05) is 17.2 Å². The average Bonchev–Trinajstić information content (AvgIpc) is 2.56. The predicted octanol–water partition coefficient (Wildman–Crippen LogP) is 3.34. The summed E-state index contributed by atoms with van der Waals surface area (Å²) in [6, 6.07) is 10.8. The number of aliphatic imine (C=N–C) groups is 1. The number of guanidine groups is 1. The van der Waals surface area contributed by atoms with Gasteiger partial charge in [-0.05, 0) is 34.5 Å². The number of halogens is 3. The van der Waals surface area contributed by atoms with Gasteiger partial charge >= 0.3 is 0 Å². The molecule has 0 heterocycles. The van der Waals surface area contributed by atoms with Crippen LogP contribution < -0.4 is 11.5 Å². The Hall–Kier alpha value is -3.35. The van der Waals surface area contributed by atoms with Crippen LogP contribution in [-0.2, 0) is 0 Å². The topological polar surface area (TPSA) is 81.5 Å². The Morgan fingerprint density at radius 1 is 0.840 bits per heavy atom. The molecule has 0 atom stereocenters. The normalized spacial score (nSPS) is 10.7. The molecular weight excluding hydrogens is 331 g/mol. The number of nitrogens with two attached hydrogens (primary N) is 2. The highest BCUT2D eigenvalue weighted by Gasteiger charge is 2.15. The molecule has 0 aliphatic rings. The summed E-state index contributed by atoms with van der Waals surface area (Å²) in [6.45, 7) is 0. The van der Waals surface area contributed by atoms with Crippen molar-refractivity contribution in [2.24, 2.45) is 16.5 Å². The summed E-state index contributed by atoms with van der Waals surface area (Å²) in [4.78, 5) is 15.4. The van der Waals surface area contributed by atoms with Crippen LogP contribution in [0.3, 0.4) is 0 Å². The minimum atomic E-state index is -1.27. The lowest BCUT2D eigenvalue weighted by atomic mass is 9.96. The molecule has 0 radical (unpaired) electrons. The van der Waals surface area contributed by atoms with Gasteiger partial charge in [-0.2, -0.15) is 4.99 Å². The van der Waals surface area contributed by atoms with E-state index in [2.05, 4.69) is 4.99 Å². The molecule has 0 fully saturated rings. The van der Waals surface area contributed by atoms with Crippen molar-refractivity contribution in [2.45, 2.75) is 0 Å². The summed E-state index contributed by atoms with van der Waals surface area (Å²) in [5.41, 5.74) is 10.8. The molecule has 1 amide bonds. The summed E-state index contributed by atoms with van der Waals surface area (Å²) >= 11 is 0. The lowest BCUT2D eigenvalue weighted by molar-refractivity contribution is 0.100. The van der Waals surface area contributed by atoms with Crippen molar-refractivity contribution in [3.8, 4) is 11.1 Å². The fourth-order valence-corrected chi connectivity index (χ4v) is 2.55. The van der Waals surface area contributed by atoms with Crippen molar-refractivity contribution < 1.29 is 18.0 Å². The fraction of sp³-hybridized carbons (Fsp3) is 0. The number of fused-ring (bicyclic) bond motifs is 1. The van der Waals surface area contributed by atoms with E-state index >= 15 is 0 Å². The van der Waals surface area contributed by atoms with Crippen LogP contribution in [0.15, 0.2) is 53.5 Å². The van der Waals surface area contributed by atoms with E-state index in [1.807, 2.05) is 0 Å². The Kier molecular flexibility index (Phi) is 4.14. The molecular formula is C18H12F3N3O. The smallest absolute Gasteiger partial charge is 0.280 e. The molecule has 0 aliphatic heterocycles. The van der Waals surface area contributed by atoms with Gasteiger partial charge in [0.15, 0.2) is 17.6 Å². The SMILES string of the molecule is NC(N)=NC(=O)c1ccc2cccc(-c3cc(F)c(F)cc3F)c2c1. The second-order valence-electron chi connectivity index (χ2n) is 5.33. The highest BCUT2D eigenvalue weighted by atomic mass is 19.2. The van der Waals surface area contributed by atoms with Crippen molar-refractivity contribution in [3.05, 3.63) is 71.5 Å². The average molecular weight is 343 g/mol. The van der Waals surface area contributed by atoms with Gasteiger partial charge in [-0.25, -0.2) is 13.2 Å². The maximum absolute atomic E-state index is 14.1. The van der Waals surface area contributed by atoms with Crippen LogP contribution in [0.2, 0.25) is 0 Å². The van der Waals surface area contributed by atoms with Crippen LogP contribution >= 0.6 is 0 Å². The summed E-state index contributed by atoms with van der Waals surface area (Å²) < 4.78 is 40.9. The van der Waals surface area contributed by atoms with Crippen molar-refractivity contribution in [1.82, 2.24) is 0 Å². The molecule has 0 aliphatic carbocycles. The molecule has 4 nitrogen and oxygen atoms in total. The van der Waals surface area contributed by atoms with E-state index in [1.165, 1.54) is 12.1 Å². The Balaban J connectivity index is 2.24. The maximum atomic E-state index is 14.1. The van der Waals surface area contributed by atoms with E-state index in [0.717, 1.165) is 6.07 Å². The van der Waals surface area contributed by atoms with E-state index in [9.17, 15) is 18.0 Å².